The summed E-state index contributed by atoms with van der Waals surface area (Å²) in [6.45, 7) is 0. The van der Waals surface area contributed by atoms with Crippen molar-refractivity contribution in [2.45, 2.75) is 0 Å². The van der Waals surface area contributed by atoms with Gasteiger partial charge in [-0.1, -0.05) is 72.0 Å². The molecule has 0 saturated carbocycles. The van der Waals surface area contributed by atoms with E-state index in [0.717, 1.165) is 33.3 Å². The summed E-state index contributed by atoms with van der Waals surface area (Å²) in [5, 5.41) is 2.91. The maximum absolute atomic E-state index is 11.7. The highest BCUT2D eigenvalue weighted by atomic mass is 32.1. The number of hydrogen-bond acceptors (Lipinski definition) is 3. The molecule has 3 aromatic carbocycles. The Bertz CT molecular complexity index is 995. The zero-order chi connectivity index (χ0) is 16.4. The van der Waals surface area contributed by atoms with Crippen molar-refractivity contribution in [3.05, 3.63) is 79.0 Å². The van der Waals surface area contributed by atoms with Gasteiger partial charge in [0.05, 0.1) is 10.6 Å². The topological polar surface area (TPSA) is 33.2 Å². The lowest BCUT2D eigenvalue weighted by molar-refractivity contribution is -0.106. The molecule has 116 valence electrons. The van der Waals surface area contributed by atoms with Crippen LogP contribution in [0.25, 0.3) is 21.2 Å². The van der Waals surface area contributed by atoms with E-state index >= 15 is 0 Å². The molecular formula is C20H14N2OS. The van der Waals surface area contributed by atoms with Crippen LogP contribution >= 0.6 is 11.3 Å². The highest BCUT2D eigenvalue weighted by Gasteiger charge is 2.14. The predicted molar refractivity (Wildman–Crippen MR) is 99.7 cm³/mol. The van der Waals surface area contributed by atoms with Gasteiger partial charge in [-0.15, -0.1) is 0 Å². The molecule has 0 saturated heterocycles. The minimum absolute atomic E-state index is 0.666. The summed E-state index contributed by atoms with van der Waals surface area (Å²) < 4.78 is 0. The van der Waals surface area contributed by atoms with Crippen LogP contribution in [0.15, 0.2) is 79.0 Å². The monoisotopic (exact) mass is 330 g/mol. The summed E-state index contributed by atoms with van der Waals surface area (Å²) in [4.78, 5) is 18.7. The fourth-order valence-electron chi connectivity index (χ4n) is 2.66. The van der Waals surface area contributed by atoms with Crippen molar-refractivity contribution >= 4 is 39.3 Å². The quantitative estimate of drug-likeness (QED) is 0.478. The third kappa shape index (κ3) is 2.68. The van der Waals surface area contributed by atoms with Crippen molar-refractivity contribution in [1.29, 1.82) is 0 Å². The Labute approximate surface area is 143 Å². The highest BCUT2D eigenvalue weighted by molar-refractivity contribution is 7.19. The molecule has 1 aromatic heterocycles. The Morgan fingerprint density at radius 3 is 2.42 bits per heavy atom. The molecule has 0 bridgehead atoms. The second kappa shape index (κ2) is 6.26. The third-order valence-corrected chi connectivity index (χ3v) is 4.92. The molecule has 3 nitrogen and oxygen atoms in total. The van der Waals surface area contributed by atoms with Crippen molar-refractivity contribution in [2.24, 2.45) is 0 Å². The van der Waals surface area contributed by atoms with Crippen LogP contribution < -0.4 is 4.90 Å². The van der Waals surface area contributed by atoms with Crippen LogP contribution in [0.5, 0.6) is 0 Å². The molecule has 0 aliphatic rings. The van der Waals surface area contributed by atoms with Crippen LogP contribution in [0.2, 0.25) is 0 Å². The molecule has 1 amide bonds. The van der Waals surface area contributed by atoms with Gasteiger partial charge in [-0.3, -0.25) is 9.69 Å². The second-order valence-electron chi connectivity index (χ2n) is 5.38. The minimum Gasteiger partial charge on any atom is -0.278 e. The summed E-state index contributed by atoms with van der Waals surface area (Å²) in [6.07, 6.45) is 2.63. The molecule has 24 heavy (non-hydrogen) atoms. The van der Waals surface area contributed by atoms with Crippen molar-refractivity contribution in [2.75, 3.05) is 4.90 Å². The van der Waals surface area contributed by atoms with Gasteiger partial charge in [0.2, 0.25) is 6.41 Å². The Kier molecular flexibility index (Phi) is 3.81. The first-order valence-corrected chi connectivity index (χ1v) is 8.41. The molecule has 0 unspecified atom stereocenters. The molecule has 0 fully saturated rings. The summed E-state index contributed by atoms with van der Waals surface area (Å²) in [7, 11) is 0. The molecule has 0 N–H and O–H groups in total. The van der Waals surface area contributed by atoms with Crippen LogP contribution in [0.1, 0.15) is 0 Å². The summed E-state index contributed by atoms with van der Waals surface area (Å²) in [6, 6.07) is 24.1. The fourth-order valence-corrected chi connectivity index (χ4v) is 3.56. The number of carbonyl (C=O) groups is 1. The molecule has 0 atom stereocenters. The highest BCUT2D eigenvalue weighted by Crippen LogP contribution is 2.34. The van der Waals surface area contributed by atoms with Crippen molar-refractivity contribution in [3.63, 3.8) is 0 Å². The van der Waals surface area contributed by atoms with E-state index in [2.05, 4.69) is 11.1 Å². The lowest BCUT2D eigenvalue weighted by Crippen LogP contribution is -2.13. The number of carbonyl (C=O) groups excluding carboxylic acids is 1. The number of amides is 1. The number of aromatic nitrogens is 1. The van der Waals surface area contributed by atoms with Crippen LogP contribution in [0, 0.1) is 0 Å². The van der Waals surface area contributed by atoms with E-state index in [9.17, 15) is 4.79 Å². The fraction of sp³-hybridized carbons (Fsp3) is 0. The molecule has 4 heteroatoms. The molecule has 4 aromatic rings. The first-order chi connectivity index (χ1) is 11.8. The van der Waals surface area contributed by atoms with Crippen LogP contribution in [-0.2, 0) is 4.79 Å². The van der Waals surface area contributed by atoms with Gasteiger partial charge in [0.25, 0.3) is 0 Å². The summed E-state index contributed by atoms with van der Waals surface area (Å²) in [5.74, 6) is 0. The minimum atomic E-state index is 0.666. The number of benzene rings is 3. The number of anilines is 2. The standard InChI is InChI=1S/C20H14N2OS/c23-14-22(18-11-10-15-6-4-5-9-17(15)12-18)20-21-13-19(24-20)16-7-2-1-3-8-16/h1-14H. The van der Waals surface area contributed by atoms with Gasteiger partial charge in [-0.05, 0) is 28.5 Å². The summed E-state index contributed by atoms with van der Waals surface area (Å²) >= 11 is 1.50. The maximum Gasteiger partial charge on any atom is 0.220 e. The number of rotatable bonds is 4. The molecular weight excluding hydrogens is 316 g/mol. The average Bonchev–Trinajstić information content (AvgIpc) is 3.13. The number of nitrogens with zero attached hydrogens (tertiary/aromatic N) is 2. The Morgan fingerprint density at radius 2 is 1.62 bits per heavy atom. The van der Waals surface area contributed by atoms with Crippen LogP contribution in [0.3, 0.4) is 0 Å². The van der Waals surface area contributed by atoms with Crippen molar-refractivity contribution in [1.82, 2.24) is 4.98 Å². The van der Waals surface area contributed by atoms with Gasteiger partial charge in [0, 0.05) is 6.20 Å². The molecule has 1 heterocycles. The van der Waals surface area contributed by atoms with Gasteiger partial charge in [0.1, 0.15) is 0 Å². The van der Waals surface area contributed by atoms with E-state index in [4.69, 9.17) is 0 Å². The van der Waals surface area contributed by atoms with Gasteiger partial charge in [-0.2, -0.15) is 0 Å². The second-order valence-corrected chi connectivity index (χ2v) is 6.39. The first-order valence-electron chi connectivity index (χ1n) is 7.60. The zero-order valence-corrected chi connectivity index (χ0v) is 13.6. The molecule has 0 spiro atoms. The lowest BCUT2D eigenvalue weighted by atomic mass is 10.1. The largest absolute Gasteiger partial charge is 0.278 e. The van der Waals surface area contributed by atoms with E-state index in [0.29, 0.717) is 5.13 Å². The number of hydrogen-bond donors (Lipinski definition) is 0. The van der Waals surface area contributed by atoms with Gasteiger partial charge < -0.3 is 0 Å². The summed E-state index contributed by atoms with van der Waals surface area (Å²) in [5.41, 5.74) is 1.92. The van der Waals surface area contributed by atoms with E-state index in [1.165, 1.54) is 11.3 Å². The smallest absolute Gasteiger partial charge is 0.220 e. The average molecular weight is 330 g/mol. The lowest BCUT2D eigenvalue weighted by Gasteiger charge is -2.14. The van der Waals surface area contributed by atoms with E-state index in [1.807, 2.05) is 72.9 Å². The zero-order valence-electron chi connectivity index (χ0n) is 12.8. The van der Waals surface area contributed by atoms with E-state index in [-0.39, 0.29) is 0 Å². The Morgan fingerprint density at radius 1 is 0.875 bits per heavy atom. The van der Waals surface area contributed by atoms with Gasteiger partial charge in [0.15, 0.2) is 5.13 Å². The normalized spacial score (nSPS) is 10.7. The molecule has 0 radical (unpaired) electrons. The first kappa shape index (κ1) is 14.6. The molecule has 0 aliphatic carbocycles. The SMILES string of the molecule is O=CN(c1ccc2ccccc2c1)c1ncc(-c2ccccc2)s1. The van der Waals surface area contributed by atoms with Gasteiger partial charge in [-0.25, -0.2) is 4.98 Å². The molecule has 0 aliphatic heterocycles. The van der Waals surface area contributed by atoms with Gasteiger partial charge >= 0.3 is 0 Å². The Balaban J connectivity index is 1.73. The predicted octanol–water partition coefficient (Wildman–Crippen LogP) is 5.26. The van der Waals surface area contributed by atoms with E-state index < -0.39 is 0 Å². The third-order valence-electron chi connectivity index (χ3n) is 3.87. The van der Waals surface area contributed by atoms with Crippen LogP contribution in [-0.4, -0.2) is 11.4 Å². The molecule has 4 rings (SSSR count). The number of thiazole rings is 1. The Hall–Kier alpha value is -2.98. The van der Waals surface area contributed by atoms with Crippen molar-refractivity contribution < 1.29 is 4.79 Å². The van der Waals surface area contributed by atoms with Crippen molar-refractivity contribution in [3.8, 4) is 10.4 Å². The number of fused-ring (bicyclic) bond motifs is 1. The maximum atomic E-state index is 11.7. The van der Waals surface area contributed by atoms with E-state index in [1.54, 1.807) is 4.90 Å². The van der Waals surface area contributed by atoms with Crippen LogP contribution in [0.4, 0.5) is 10.8 Å².